The van der Waals surface area contributed by atoms with Crippen LogP contribution in [0.4, 0.5) is 0 Å². The molecular weight excluding hydrogens is 272 g/mol. The average molecular weight is 289 g/mol. The van der Waals surface area contributed by atoms with E-state index in [1.54, 1.807) is 12.1 Å². The molecule has 1 aromatic carbocycles. The molecule has 1 fully saturated rings. The third-order valence-electron chi connectivity index (χ3n) is 3.08. The second kappa shape index (κ2) is 4.81. The van der Waals surface area contributed by atoms with Gasteiger partial charge in [0.2, 0.25) is 10.0 Å². The second-order valence-corrected chi connectivity index (χ2v) is 7.04. The highest BCUT2D eigenvalue weighted by molar-refractivity contribution is 7.89. The van der Waals surface area contributed by atoms with Crippen molar-refractivity contribution >= 4 is 21.6 Å². The second-order valence-electron chi connectivity index (χ2n) is 4.95. The standard InChI is InChI=1S/C12H17ClN2O2S/c1-12(5-6-12)15-18(16,17)10-4-3-9(8-14-2)11(13)7-10/h3-4,7,14-15H,5-6,8H2,1-2H3. The van der Waals surface area contributed by atoms with E-state index in [-0.39, 0.29) is 10.4 Å². The predicted octanol–water partition coefficient (Wildman–Crippen LogP) is 1.89. The summed E-state index contributed by atoms with van der Waals surface area (Å²) < 4.78 is 26.9. The van der Waals surface area contributed by atoms with Crippen molar-refractivity contribution in [2.75, 3.05) is 7.05 Å². The van der Waals surface area contributed by atoms with Crippen molar-refractivity contribution in [3.8, 4) is 0 Å². The summed E-state index contributed by atoms with van der Waals surface area (Å²) in [5, 5.41) is 3.45. The summed E-state index contributed by atoms with van der Waals surface area (Å²) in [4.78, 5) is 0.223. The highest BCUT2D eigenvalue weighted by Gasteiger charge is 2.41. The van der Waals surface area contributed by atoms with E-state index in [9.17, 15) is 8.42 Å². The van der Waals surface area contributed by atoms with Gasteiger partial charge in [0.15, 0.2) is 0 Å². The van der Waals surface area contributed by atoms with Crippen LogP contribution in [0, 0.1) is 0 Å². The molecule has 0 aromatic heterocycles. The summed E-state index contributed by atoms with van der Waals surface area (Å²) in [6.45, 7) is 2.52. The SMILES string of the molecule is CNCc1ccc(S(=O)(=O)NC2(C)CC2)cc1Cl. The van der Waals surface area contributed by atoms with Crippen LogP contribution in [-0.4, -0.2) is 21.0 Å². The molecule has 0 amide bonds. The molecule has 0 unspecified atom stereocenters. The summed E-state index contributed by atoms with van der Waals surface area (Å²) in [7, 11) is -1.65. The van der Waals surface area contributed by atoms with Crippen LogP contribution >= 0.6 is 11.6 Å². The predicted molar refractivity (Wildman–Crippen MR) is 72.2 cm³/mol. The lowest BCUT2D eigenvalue weighted by molar-refractivity contribution is 0.558. The highest BCUT2D eigenvalue weighted by Crippen LogP contribution is 2.36. The summed E-state index contributed by atoms with van der Waals surface area (Å²) in [5.41, 5.74) is 0.616. The number of sulfonamides is 1. The molecule has 0 spiro atoms. The maximum Gasteiger partial charge on any atom is 0.241 e. The molecule has 18 heavy (non-hydrogen) atoms. The molecule has 1 aromatic rings. The lowest BCUT2D eigenvalue weighted by atomic mass is 10.2. The summed E-state index contributed by atoms with van der Waals surface area (Å²) in [5.74, 6) is 0. The van der Waals surface area contributed by atoms with Gasteiger partial charge in [-0.05, 0) is 44.5 Å². The normalized spacial score (nSPS) is 17.7. The molecule has 1 aliphatic carbocycles. The molecule has 1 saturated carbocycles. The van der Waals surface area contributed by atoms with E-state index in [4.69, 9.17) is 11.6 Å². The third kappa shape index (κ3) is 3.03. The highest BCUT2D eigenvalue weighted by atomic mass is 35.5. The smallest absolute Gasteiger partial charge is 0.241 e. The first-order chi connectivity index (χ1) is 8.36. The van der Waals surface area contributed by atoms with E-state index < -0.39 is 10.0 Å². The molecule has 4 nitrogen and oxygen atoms in total. The van der Waals surface area contributed by atoms with E-state index in [2.05, 4.69) is 10.0 Å². The van der Waals surface area contributed by atoms with Crippen molar-refractivity contribution in [1.82, 2.24) is 10.0 Å². The number of halogens is 1. The van der Waals surface area contributed by atoms with Crippen molar-refractivity contribution in [2.45, 2.75) is 36.7 Å². The zero-order valence-electron chi connectivity index (χ0n) is 10.5. The van der Waals surface area contributed by atoms with Crippen LogP contribution in [0.3, 0.4) is 0 Å². The maximum absolute atomic E-state index is 12.1. The Kier molecular flexibility index (Phi) is 3.69. The van der Waals surface area contributed by atoms with E-state index in [1.807, 2.05) is 14.0 Å². The van der Waals surface area contributed by atoms with Crippen LogP contribution in [0.5, 0.6) is 0 Å². The van der Waals surface area contributed by atoms with Gasteiger partial charge < -0.3 is 5.32 Å². The molecule has 100 valence electrons. The summed E-state index contributed by atoms with van der Waals surface area (Å²) in [6.07, 6.45) is 1.77. The summed E-state index contributed by atoms with van der Waals surface area (Å²) in [6, 6.07) is 4.83. The zero-order chi connectivity index (χ0) is 13.4. The molecule has 1 aliphatic rings. The number of nitrogens with one attached hydrogen (secondary N) is 2. The first-order valence-electron chi connectivity index (χ1n) is 5.83. The zero-order valence-corrected chi connectivity index (χ0v) is 12.0. The lowest BCUT2D eigenvalue weighted by Crippen LogP contribution is -2.34. The van der Waals surface area contributed by atoms with Crippen LogP contribution in [-0.2, 0) is 16.6 Å². The molecule has 0 bridgehead atoms. The Morgan fingerprint density at radius 1 is 1.39 bits per heavy atom. The molecule has 0 atom stereocenters. The van der Waals surface area contributed by atoms with E-state index in [0.717, 1.165) is 18.4 Å². The van der Waals surface area contributed by atoms with Gasteiger partial charge in [0.1, 0.15) is 0 Å². The number of benzene rings is 1. The molecule has 2 N–H and O–H groups in total. The van der Waals surface area contributed by atoms with Crippen molar-refractivity contribution in [2.24, 2.45) is 0 Å². The first-order valence-corrected chi connectivity index (χ1v) is 7.69. The average Bonchev–Trinajstić information content (AvgIpc) is 2.98. The lowest BCUT2D eigenvalue weighted by Gasteiger charge is -2.13. The van der Waals surface area contributed by atoms with Gasteiger partial charge in [-0.15, -0.1) is 0 Å². The molecule has 0 saturated heterocycles. The Balaban J connectivity index is 2.25. The van der Waals surface area contributed by atoms with Crippen LogP contribution in [0.15, 0.2) is 23.1 Å². The fraction of sp³-hybridized carbons (Fsp3) is 0.500. The van der Waals surface area contributed by atoms with E-state index in [0.29, 0.717) is 11.6 Å². The quantitative estimate of drug-likeness (QED) is 0.870. The van der Waals surface area contributed by atoms with Crippen LogP contribution in [0.25, 0.3) is 0 Å². The molecule has 0 radical (unpaired) electrons. The minimum atomic E-state index is -3.46. The molecule has 0 heterocycles. The van der Waals surface area contributed by atoms with Crippen molar-refractivity contribution in [1.29, 1.82) is 0 Å². The molecule has 2 rings (SSSR count). The number of hydrogen-bond donors (Lipinski definition) is 2. The van der Waals surface area contributed by atoms with Crippen molar-refractivity contribution in [3.05, 3.63) is 28.8 Å². The Bertz CT molecular complexity index is 553. The maximum atomic E-state index is 12.1. The van der Waals surface area contributed by atoms with Gasteiger partial charge in [0.05, 0.1) is 4.90 Å². The molecule has 0 aliphatic heterocycles. The Labute approximate surface area is 113 Å². The Hall–Kier alpha value is -0.620. The minimum absolute atomic E-state index is 0.223. The monoisotopic (exact) mass is 288 g/mol. The van der Waals surface area contributed by atoms with E-state index >= 15 is 0 Å². The fourth-order valence-electron chi connectivity index (χ4n) is 1.70. The van der Waals surface area contributed by atoms with Gasteiger partial charge in [-0.25, -0.2) is 13.1 Å². The Morgan fingerprint density at radius 3 is 2.56 bits per heavy atom. The van der Waals surface area contributed by atoms with Gasteiger partial charge in [-0.3, -0.25) is 0 Å². The van der Waals surface area contributed by atoms with Crippen LogP contribution < -0.4 is 10.0 Å². The number of rotatable bonds is 5. The van der Waals surface area contributed by atoms with E-state index in [1.165, 1.54) is 6.07 Å². The molecular formula is C12H17ClN2O2S. The third-order valence-corrected chi connectivity index (χ3v) is 5.07. The van der Waals surface area contributed by atoms with Crippen LogP contribution in [0.2, 0.25) is 5.02 Å². The number of hydrogen-bond acceptors (Lipinski definition) is 3. The molecule has 6 heteroatoms. The van der Waals surface area contributed by atoms with Gasteiger partial charge >= 0.3 is 0 Å². The van der Waals surface area contributed by atoms with Gasteiger partial charge in [0, 0.05) is 17.1 Å². The van der Waals surface area contributed by atoms with Crippen molar-refractivity contribution in [3.63, 3.8) is 0 Å². The summed E-state index contributed by atoms with van der Waals surface area (Å²) >= 11 is 6.07. The first kappa shape index (κ1) is 13.8. The van der Waals surface area contributed by atoms with Crippen LogP contribution in [0.1, 0.15) is 25.3 Å². The van der Waals surface area contributed by atoms with Gasteiger partial charge in [0.25, 0.3) is 0 Å². The Morgan fingerprint density at radius 2 is 2.06 bits per heavy atom. The van der Waals surface area contributed by atoms with Crippen molar-refractivity contribution < 1.29 is 8.42 Å². The minimum Gasteiger partial charge on any atom is -0.316 e. The van der Waals surface area contributed by atoms with Gasteiger partial charge in [-0.2, -0.15) is 0 Å². The largest absolute Gasteiger partial charge is 0.316 e. The van der Waals surface area contributed by atoms with Gasteiger partial charge in [-0.1, -0.05) is 17.7 Å². The topological polar surface area (TPSA) is 58.2 Å². The fourth-order valence-corrected chi connectivity index (χ4v) is 3.50.